The van der Waals surface area contributed by atoms with Crippen molar-refractivity contribution in [2.75, 3.05) is 13.3 Å². The maximum atomic E-state index is 5.50. The predicted molar refractivity (Wildman–Crippen MR) is 52.5 cm³/mol. The number of hydrogen-bond donors (Lipinski definition) is 1. The molecule has 1 fully saturated rings. The molecule has 0 spiro atoms. The van der Waals surface area contributed by atoms with Crippen LogP contribution in [0.4, 0.5) is 0 Å². The smallest absolute Gasteiger partial charge is 0.0975 e. The van der Waals surface area contributed by atoms with Gasteiger partial charge in [0.15, 0.2) is 0 Å². The Bertz CT molecular complexity index is 262. The highest BCUT2D eigenvalue weighted by molar-refractivity contribution is 5.24. The van der Waals surface area contributed by atoms with Crippen LogP contribution in [0, 0.1) is 0 Å². The number of ether oxygens (including phenoxy) is 1. The van der Waals surface area contributed by atoms with Crippen molar-refractivity contribution < 1.29 is 4.74 Å². The van der Waals surface area contributed by atoms with Crippen molar-refractivity contribution in [3.05, 3.63) is 35.4 Å². The minimum atomic E-state index is 0.255. The zero-order valence-corrected chi connectivity index (χ0v) is 7.92. The molecule has 2 heteroatoms. The maximum absolute atomic E-state index is 5.50. The highest BCUT2D eigenvalue weighted by atomic mass is 16.5. The molecule has 0 amide bonds. The Kier molecular flexibility index (Phi) is 2.62. The molecule has 0 aromatic heterocycles. The fourth-order valence-electron chi connectivity index (χ4n) is 1.59. The van der Waals surface area contributed by atoms with Crippen LogP contribution in [0.1, 0.15) is 24.2 Å². The fourth-order valence-corrected chi connectivity index (χ4v) is 1.59. The number of aryl methyl sites for hydroxylation is 1. The largest absolute Gasteiger partial charge is 0.357 e. The first-order chi connectivity index (χ1) is 6.40. The summed E-state index contributed by atoms with van der Waals surface area (Å²) >= 11 is 0. The molecule has 1 N–H and O–H groups in total. The summed E-state index contributed by atoms with van der Waals surface area (Å²) < 4.78 is 5.50. The monoisotopic (exact) mass is 177 g/mol. The molecular weight excluding hydrogens is 162 g/mol. The van der Waals surface area contributed by atoms with E-state index in [0.29, 0.717) is 6.73 Å². The molecule has 70 valence electrons. The number of nitrogens with one attached hydrogen (secondary N) is 1. The molecule has 13 heavy (non-hydrogen) atoms. The second-order valence-electron chi connectivity index (χ2n) is 3.35. The third-order valence-electron chi connectivity index (χ3n) is 2.48. The first-order valence-electron chi connectivity index (χ1n) is 4.81. The summed E-state index contributed by atoms with van der Waals surface area (Å²) in [5.41, 5.74) is 2.66. The molecule has 2 nitrogen and oxygen atoms in total. The molecular formula is C11H15NO. The van der Waals surface area contributed by atoms with E-state index in [1.165, 1.54) is 11.1 Å². The zero-order valence-electron chi connectivity index (χ0n) is 7.92. The zero-order chi connectivity index (χ0) is 9.10. The lowest BCUT2D eigenvalue weighted by molar-refractivity contribution is 0.114. The fraction of sp³-hybridized carbons (Fsp3) is 0.455. The van der Waals surface area contributed by atoms with Crippen molar-refractivity contribution in [2.45, 2.75) is 19.4 Å². The van der Waals surface area contributed by atoms with Crippen LogP contribution in [0.3, 0.4) is 0 Å². The van der Waals surface area contributed by atoms with Crippen LogP contribution in [-0.4, -0.2) is 13.3 Å². The van der Waals surface area contributed by atoms with Crippen molar-refractivity contribution in [1.29, 1.82) is 0 Å². The van der Waals surface area contributed by atoms with Crippen LogP contribution >= 0.6 is 0 Å². The van der Waals surface area contributed by atoms with Gasteiger partial charge in [0.2, 0.25) is 0 Å². The summed E-state index contributed by atoms with van der Waals surface area (Å²) in [4.78, 5) is 0. The van der Waals surface area contributed by atoms with Gasteiger partial charge in [0, 0.05) is 6.54 Å². The van der Waals surface area contributed by atoms with Crippen LogP contribution in [-0.2, 0) is 11.2 Å². The maximum Gasteiger partial charge on any atom is 0.0975 e. The van der Waals surface area contributed by atoms with Gasteiger partial charge in [0.05, 0.1) is 12.8 Å². The van der Waals surface area contributed by atoms with Crippen molar-refractivity contribution >= 4 is 0 Å². The SMILES string of the molecule is CCc1ccc(C2CNCO2)cc1. The molecule has 1 aromatic rings. The molecule has 1 unspecified atom stereocenters. The molecule has 1 saturated heterocycles. The molecule has 2 rings (SSSR count). The Morgan fingerprint density at radius 2 is 2.15 bits per heavy atom. The number of hydrogen-bond acceptors (Lipinski definition) is 2. The van der Waals surface area contributed by atoms with E-state index in [4.69, 9.17) is 4.74 Å². The minimum absolute atomic E-state index is 0.255. The van der Waals surface area contributed by atoms with Crippen LogP contribution in [0.5, 0.6) is 0 Å². The normalized spacial score (nSPS) is 22.1. The van der Waals surface area contributed by atoms with Gasteiger partial charge in [0.25, 0.3) is 0 Å². The van der Waals surface area contributed by atoms with Crippen molar-refractivity contribution in [1.82, 2.24) is 5.32 Å². The highest BCUT2D eigenvalue weighted by Crippen LogP contribution is 2.19. The van der Waals surface area contributed by atoms with Gasteiger partial charge in [-0.05, 0) is 17.5 Å². The van der Waals surface area contributed by atoms with Crippen molar-refractivity contribution in [2.24, 2.45) is 0 Å². The van der Waals surface area contributed by atoms with E-state index in [9.17, 15) is 0 Å². The highest BCUT2D eigenvalue weighted by Gasteiger charge is 2.16. The molecule has 0 saturated carbocycles. The van der Waals surface area contributed by atoms with Crippen LogP contribution in [0.25, 0.3) is 0 Å². The van der Waals surface area contributed by atoms with Gasteiger partial charge in [-0.1, -0.05) is 31.2 Å². The third kappa shape index (κ3) is 1.90. The second kappa shape index (κ2) is 3.90. The lowest BCUT2D eigenvalue weighted by atomic mass is 10.1. The minimum Gasteiger partial charge on any atom is -0.357 e. The number of rotatable bonds is 2. The Morgan fingerprint density at radius 1 is 1.38 bits per heavy atom. The molecule has 0 aliphatic carbocycles. The van der Waals surface area contributed by atoms with Gasteiger partial charge >= 0.3 is 0 Å². The van der Waals surface area contributed by atoms with Gasteiger partial charge < -0.3 is 4.74 Å². The summed E-state index contributed by atoms with van der Waals surface area (Å²) in [6.07, 6.45) is 1.36. The van der Waals surface area contributed by atoms with E-state index in [1.54, 1.807) is 0 Å². The lowest BCUT2D eigenvalue weighted by Gasteiger charge is -2.08. The average Bonchev–Trinajstić information content (AvgIpc) is 2.71. The Hall–Kier alpha value is -0.860. The molecule has 1 heterocycles. The molecule has 1 aliphatic heterocycles. The summed E-state index contributed by atoms with van der Waals surface area (Å²) in [5.74, 6) is 0. The summed E-state index contributed by atoms with van der Waals surface area (Å²) in [5, 5.41) is 3.18. The van der Waals surface area contributed by atoms with E-state index in [1.807, 2.05) is 0 Å². The Morgan fingerprint density at radius 3 is 2.69 bits per heavy atom. The Labute approximate surface area is 78.9 Å². The van der Waals surface area contributed by atoms with E-state index in [-0.39, 0.29) is 6.10 Å². The van der Waals surface area contributed by atoms with Crippen LogP contribution in [0.2, 0.25) is 0 Å². The topological polar surface area (TPSA) is 21.3 Å². The van der Waals surface area contributed by atoms with E-state index in [0.717, 1.165) is 13.0 Å². The van der Waals surface area contributed by atoms with Crippen LogP contribution in [0.15, 0.2) is 24.3 Å². The summed E-state index contributed by atoms with van der Waals surface area (Å²) in [6, 6.07) is 8.68. The van der Waals surface area contributed by atoms with Gasteiger partial charge in [-0.25, -0.2) is 0 Å². The molecule has 1 atom stereocenters. The van der Waals surface area contributed by atoms with Gasteiger partial charge in [0.1, 0.15) is 0 Å². The van der Waals surface area contributed by atoms with E-state index >= 15 is 0 Å². The van der Waals surface area contributed by atoms with Crippen LogP contribution < -0.4 is 5.32 Å². The molecule has 0 bridgehead atoms. The molecule has 0 radical (unpaired) electrons. The van der Waals surface area contributed by atoms with Gasteiger partial charge in [-0.3, -0.25) is 5.32 Å². The quantitative estimate of drug-likeness (QED) is 0.744. The van der Waals surface area contributed by atoms with Crippen molar-refractivity contribution in [3.63, 3.8) is 0 Å². The first kappa shape index (κ1) is 8.73. The van der Waals surface area contributed by atoms with E-state index < -0.39 is 0 Å². The summed E-state index contributed by atoms with van der Waals surface area (Å²) in [6.45, 7) is 3.79. The standard InChI is InChI=1S/C11H15NO/c1-2-9-3-5-10(6-4-9)11-7-12-8-13-11/h3-6,11-12H,2,7-8H2,1H3. The Balaban J connectivity index is 2.12. The summed E-state index contributed by atoms with van der Waals surface area (Å²) in [7, 11) is 0. The predicted octanol–water partition coefficient (Wildman–Crippen LogP) is 1.87. The average molecular weight is 177 g/mol. The second-order valence-corrected chi connectivity index (χ2v) is 3.35. The third-order valence-corrected chi connectivity index (χ3v) is 2.48. The lowest BCUT2D eigenvalue weighted by Crippen LogP contribution is -2.07. The van der Waals surface area contributed by atoms with Gasteiger partial charge in [-0.2, -0.15) is 0 Å². The van der Waals surface area contributed by atoms with Gasteiger partial charge in [-0.15, -0.1) is 0 Å². The molecule has 1 aromatic carbocycles. The van der Waals surface area contributed by atoms with Crippen molar-refractivity contribution in [3.8, 4) is 0 Å². The number of benzene rings is 1. The first-order valence-corrected chi connectivity index (χ1v) is 4.81. The molecule has 1 aliphatic rings. The van der Waals surface area contributed by atoms with E-state index in [2.05, 4.69) is 36.5 Å².